The molecule has 0 aliphatic carbocycles. The molecule has 1 aromatic carbocycles. The molecule has 102 valence electrons. The van der Waals surface area contributed by atoms with E-state index in [0.29, 0.717) is 12.0 Å². The number of ether oxygens (including phenoxy) is 1. The number of carbonyl (C=O) groups excluding carboxylic acids is 2. The molecule has 1 atom stereocenters. The normalized spacial score (nSPS) is 11.5. The molecule has 0 N–H and O–H groups in total. The van der Waals surface area contributed by atoms with Gasteiger partial charge in [0.2, 0.25) is 0 Å². The smallest absolute Gasteiger partial charge is 0.338 e. The van der Waals surface area contributed by atoms with Crippen LogP contribution in [-0.2, 0) is 9.53 Å². The van der Waals surface area contributed by atoms with Crippen molar-refractivity contribution in [3.05, 3.63) is 47.5 Å². The quantitative estimate of drug-likeness (QED) is 0.581. The summed E-state index contributed by atoms with van der Waals surface area (Å²) >= 11 is 0. The summed E-state index contributed by atoms with van der Waals surface area (Å²) < 4.78 is 5.19. The number of carbonyl (C=O) groups is 2. The van der Waals surface area contributed by atoms with Gasteiger partial charge in [0.05, 0.1) is 11.5 Å². The number of esters is 1. The summed E-state index contributed by atoms with van der Waals surface area (Å²) in [5.74, 6) is -0.607. The average Bonchev–Trinajstić information content (AvgIpc) is 2.38. The molecule has 1 rings (SSSR count). The first-order valence-electron chi connectivity index (χ1n) is 6.36. The molecular formula is C16H20O3. The van der Waals surface area contributed by atoms with Crippen LogP contribution in [0.4, 0.5) is 0 Å². The van der Waals surface area contributed by atoms with Crippen molar-refractivity contribution in [1.82, 2.24) is 0 Å². The van der Waals surface area contributed by atoms with Crippen LogP contribution in [0.1, 0.15) is 37.6 Å². The minimum atomic E-state index is -0.385. The Morgan fingerprint density at radius 3 is 2.32 bits per heavy atom. The SMILES string of the molecule is CC(=O)[C@@H](CC=C(C)C)COC(=O)c1ccccc1. The van der Waals surface area contributed by atoms with Gasteiger partial charge in [-0.25, -0.2) is 4.79 Å². The van der Waals surface area contributed by atoms with E-state index in [1.165, 1.54) is 6.92 Å². The van der Waals surface area contributed by atoms with Crippen molar-refractivity contribution in [1.29, 1.82) is 0 Å². The van der Waals surface area contributed by atoms with Gasteiger partial charge in [0.1, 0.15) is 12.4 Å². The van der Waals surface area contributed by atoms with Gasteiger partial charge in [0, 0.05) is 0 Å². The molecule has 0 bridgehead atoms. The van der Waals surface area contributed by atoms with Gasteiger partial charge in [0.25, 0.3) is 0 Å². The monoisotopic (exact) mass is 260 g/mol. The Bertz CT molecular complexity index is 456. The van der Waals surface area contributed by atoms with Crippen molar-refractivity contribution >= 4 is 11.8 Å². The molecule has 3 heteroatoms. The maximum atomic E-state index is 11.8. The van der Waals surface area contributed by atoms with Crippen molar-refractivity contribution in [2.45, 2.75) is 27.2 Å². The summed E-state index contributed by atoms with van der Waals surface area (Å²) in [6, 6.07) is 8.79. The van der Waals surface area contributed by atoms with Gasteiger partial charge in [-0.1, -0.05) is 29.8 Å². The first-order valence-corrected chi connectivity index (χ1v) is 6.36. The van der Waals surface area contributed by atoms with E-state index in [4.69, 9.17) is 4.74 Å². The lowest BCUT2D eigenvalue weighted by molar-refractivity contribution is -0.121. The zero-order valence-electron chi connectivity index (χ0n) is 11.7. The van der Waals surface area contributed by atoms with Crippen molar-refractivity contribution in [3.8, 4) is 0 Å². The topological polar surface area (TPSA) is 43.4 Å². The van der Waals surface area contributed by atoms with Gasteiger partial charge in [0.15, 0.2) is 0 Å². The zero-order valence-corrected chi connectivity index (χ0v) is 11.7. The number of allylic oxidation sites excluding steroid dienone is 2. The molecule has 0 spiro atoms. The second kappa shape index (κ2) is 7.52. The minimum Gasteiger partial charge on any atom is -0.461 e. The van der Waals surface area contributed by atoms with Gasteiger partial charge < -0.3 is 4.74 Å². The standard InChI is InChI=1S/C16H20O3/c1-12(2)9-10-15(13(3)17)11-19-16(18)14-7-5-4-6-8-14/h4-9,15H,10-11H2,1-3H3/t15-/m0/s1. The van der Waals surface area contributed by atoms with Crippen LogP contribution in [0.5, 0.6) is 0 Å². The Hall–Kier alpha value is -1.90. The van der Waals surface area contributed by atoms with E-state index in [2.05, 4.69) is 0 Å². The molecule has 0 unspecified atom stereocenters. The van der Waals surface area contributed by atoms with Crippen LogP contribution >= 0.6 is 0 Å². The third kappa shape index (κ3) is 5.51. The number of hydrogen-bond acceptors (Lipinski definition) is 3. The maximum absolute atomic E-state index is 11.8. The Morgan fingerprint density at radius 1 is 1.16 bits per heavy atom. The zero-order chi connectivity index (χ0) is 14.3. The number of rotatable bonds is 6. The highest BCUT2D eigenvalue weighted by atomic mass is 16.5. The van der Waals surface area contributed by atoms with Crippen LogP contribution in [-0.4, -0.2) is 18.4 Å². The van der Waals surface area contributed by atoms with Crippen LogP contribution < -0.4 is 0 Å². The van der Waals surface area contributed by atoms with E-state index in [9.17, 15) is 9.59 Å². The second-order valence-electron chi connectivity index (χ2n) is 4.79. The molecule has 0 aliphatic heterocycles. The van der Waals surface area contributed by atoms with Gasteiger partial charge in [-0.3, -0.25) is 4.79 Å². The fourth-order valence-corrected chi connectivity index (χ4v) is 1.56. The molecule has 0 amide bonds. The maximum Gasteiger partial charge on any atom is 0.338 e. The number of hydrogen-bond donors (Lipinski definition) is 0. The number of ketones is 1. The molecule has 0 aromatic heterocycles. The van der Waals surface area contributed by atoms with Crippen molar-refractivity contribution < 1.29 is 14.3 Å². The van der Waals surface area contributed by atoms with E-state index in [-0.39, 0.29) is 24.3 Å². The summed E-state index contributed by atoms with van der Waals surface area (Å²) in [6.07, 6.45) is 2.60. The molecule has 0 saturated heterocycles. The molecule has 3 nitrogen and oxygen atoms in total. The van der Waals surface area contributed by atoms with E-state index in [0.717, 1.165) is 5.57 Å². The highest BCUT2D eigenvalue weighted by molar-refractivity contribution is 5.89. The third-order valence-electron chi connectivity index (χ3n) is 2.81. The molecule has 0 radical (unpaired) electrons. The van der Waals surface area contributed by atoms with Crippen molar-refractivity contribution in [2.24, 2.45) is 5.92 Å². The molecule has 0 fully saturated rings. The minimum absolute atomic E-state index is 0.0401. The van der Waals surface area contributed by atoms with Crippen LogP contribution in [0.25, 0.3) is 0 Å². The molecule has 0 saturated carbocycles. The number of benzene rings is 1. The Labute approximate surface area is 114 Å². The van der Waals surface area contributed by atoms with E-state index < -0.39 is 0 Å². The Morgan fingerprint density at radius 2 is 1.79 bits per heavy atom. The summed E-state index contributed by atoms with van der Waals surface area (Å²) in [5, 5.41) is 0. The van der Waals surface area contributed by atoms with Gasteiger partial charge in [-0.2, -0.15) is 0 Å². The van der Waals surface area contributed by atoms with E-state index >= 15 is 0 Å². The molecule has 0 aliphatic rings. The lowest BCUT2D eigenvalue weighted by atomic mass is 10.0. The van der Waals surface area contributed by atoms with Crippen molar-refractivity contribution in [2.75, 3.05) is 6.61 Å². The van der Waals surface area contributed by atoms with E-state index in [1.54, 1.807) is 24.3 Å². The van der Waals surface area contributed by atoms with Crippen LogP contribution in [0.15, 0.2) is 42.0 Å². The van der Waals surface area contributed by atoms with Gasteiger partial charge >= 0.3 is 5.97 Å². The van der Waals surface area contributed by atoms with Crippen LogP contribution in [0.3, 0.4) is 0 Å². The highest BCUT2D eigenvalue weighted by Gasteiger charge is 2.16. The molecule has 1 aromatic rings. The summed E-state index contributed by atoms with van der Waals surface area (Å²) in [5.41, 5.74) is 1.66. The predicted molar refractivity (Wildman–Crippen MR) is 74.9 cm³/mol. The lowest BCUT2D eigenvalue weighted by Gasteiger charge is -2.12. The van der Waals surface area contributed by atoms with Crippen molar-refractivity contribution in [3.63, 3.8) is 0 Å². The van der Waals surface area contributed by atoms with Gasteiger partial charge in [-0.15, -0.1) is 0 Å². The molecule has 19 heavy (non-hydrogen) atoms. The number of Topliss-reactive ketones (excluding diaryl/α,β-unsaturated/α-hetero) is 1. The Kier molecular flexibility index (Phi) is 6.00. The second-order valence-corrected chi connectivity index (χ2v) is 4.79. The third-order valence-corrected chi connectivity index (χ3v) is 2.81. The largest absolute Gasteiger partial charge is 0.461 e. The van der Waals surface area contributed by atoms with E-state index in [1.807, 2.05) is 26.0 Å². The lowest BCUT2D eigenvalue weighted by Crippen LogP contribution is -2.20. The summed E-state index contributed by atoms with van der Waals surface area (Å²) in [7, 11) is 0. The fourth-order valence-electron chi connectivity index (χ4n) is 1.56. The Balaban J connectivity index is 2.55. The predicted octanol–water partition coefficient (Wildman–Crippen LogP) is 3.40. The first kappa shape index (κ1) is 15.2. The van der Waals surface area contributed by atoms with Gasteiger partial charge in [-0.05, 0) is 39.3 Å². The molecule has 0 heterocycles. The van der Waals surface area contributed by atoms with Crippen LogP contribution in [0, 0.1) is 5.92 Å². The first-order chi connectivity index (χ1) is 9.00. The summed E-state index contributed by atoms with van der Waals surface area (Å²) in [6.45, 7) is 5.62. The van der Waals surface area contributed by atoms with Crippen LogP contribution in [0.2, 0.25) is 0 Å². The average molecular weight is 260 g/mol. The molecular weight excluding hydrogens is 240 g/mol. The summed E-state index contributed by atoms with van der Waals surface area (Å²) in [4.78, 5) is 23.2. The highest BCUT2D eigenvalue weighted by Crippen LogP contribution is 2.10. The fraction of sp³-hybridized carbons (Fsp3) is 0.375.